The van der Waals surface area contributed by atoms with Gasteiger partial charge in [0, 0.05) is 27.7 Å². The minimum atomic E-state index is -0.372. The summed E-state index contributed by atoms with van der Waals surface area (Å²) >= 11 is 6.06. The molecule has 19 heavy (non-hydrogen) atoms. The molecular weight excluding hydrogens is 262 g/mol. The molecule has 3 nitrogen and oxygen atoms in total. The Labute approximate surface area is 116 Å². The molecule has 2 rings (SSSR count). The number of aryl methyl sites for hydroxylation is 1. The standard InChI is InChI=1S/C15H14ClNO2/c1-3-19-14(18)7-6-12-9-13(16)8-11-5-4-10(2)17-15(11)12/h4-9H,3H2,1-2H3/b7-6+. The lowest BCUT2D eigenvalue weighted by molar-refractivity contribution is -0.137. The Morgan fingerprint density at radius 2 is 2.21 bits per heavy atom. The molecule has 0 radical (unpaired) electrons. The van der Waals surface area contributed by atoms with Gasteiger partial charge in [0.1, 0.15) is 0 Å². The van der Waals surface area contributed by atoms with Crippen molar-refractivity contribution in [3.8, 4) is 0 Å². The van der Waals surface area contributed by atoms with Gasteiger partial charge in [-0.1, -0.05) is 17.7 Å². The van der Waals surface area contributed by atoms with Crippen LogP contribution in [0.5, 0.6) is 0 Å². The van der Waals surface area contributed by atoms with E-state index in [2.05, 4.69) is 4.98 Å². The summed E-state index contributed by atoms with van der Waals surface area (Å²) in [6, 6.07) is 7.53. The summed E-state index contributed by atoms with van der Waals surface area (Å²) in [5.74, 6) is -0.372. The molecule has 1 aromatic carbocycles. The smallest absolute Gasteiger partial charge is 0.330 e. The number of carbonyl (C=O) groups is 1. The largest absolute Gasteiger partial charge is 0.463 e. The molecule has 2 aromatic rings. The Hall–Kier alpha value is -1.87. The zero-order chi connectivity index (χ0) is 13.8. The van der Waals surface area contributed by atoms with Crippen LogP contribution in [0, 0.1) is 6.92 Å². The van der Waals surface area contributed by atoms with Gasteiger partial charge in [0.25, 0.3) is 0 Å². The highest BCUT2D eigenvalue weighted by atomic mass is 35.5. The van der Waals surface area contributed by atoms with Crippen LogP contribution in [0.15, 0.2) is 30.3 Å². The van der Waals surface area contributed by atoms with E-state index in [1.807, 2.05) is 25.1 Å². The van der Waals surface area contributed by atoms with Crippen LogP contribution in [0.1, 0.15) is 18.2 Å². The van der Waals surface area contributed by atoms with Gasteiger partial charge in [-0.3, -0.25) is 4.98 Å². The van der Waals surface area contributed by atoms with Crippen molar-refractivity contribution >= 4 is 34.5 Å². The van der Waals surface area contributed by atoms with E-state index >= 15 is 0 Å². The highest BCUT2D eigenvalue weighted by Crippen LogP contribution is 2.24. The number of fused-ring (bicyclic) bond motifs is 1. The van der Waals surface area contributed by atoms with Gasteiger partial charge in [0.15, 0.2) is 0 Å². The number of pyridine rings is 1. The number of hydrogen-bond acceptors (Lipinski definition) is 3. The summed E-state index contributed by atoms with van der Waals surface area (Å²) in [4.78, 5) is 15.8. The van der Waals surface area contributed by atoms with Crippen LogP contribution in [0.2, 0.25) is 5.02 Å². The molecule has 0 N–H and O–H groups in total. The van der Waals surface area contributed by atoms with Crippen LogP contribution in [-0.2, 0) is 9.53 Å². The predicted molar refractivity (Wildman–Crippen MR) is 77.2 cm³/mol. The number of rotatable bonds is 3. The van der Waals surface area contributed by atoms with Crippen LogP contribution >= 0.6 is 11.6 Å². The molecule has 0 fully saturated rings. The summed E-state index contributed by atoms with van der Waals surface area (Å²) in [6.45, 7) is 4.05. The Bertz CT molecular complexity index is 650. The lowest BCUT2D eigenvalue weighted by Crippen LogP contribution is -1.98. The first-order valence-electron chi connectivity index (χ1n) is 6.02. The van der Waals surface area contributed by atoms with Crippen molar-refractivity contribution in [1.29, 1.82) is 0 Å². The van der Waals surface area contributed by atoms with E-state index in [-0.39, 0.29) is 5.97 Å². The van der Waals surface area contributed by atoms with E-state index in [0.29, 0.717) is 11.6 Å². The molecule has 0 atom stereocenters. The van der Waals surface area contributed by atoms with Crippen molar-refractivity contribution in [3.63, 3.8) is 0 Å². The fraction of sp³-hybridized carbons (Fsp3) is 0.200. The Kier molecular flexibility index (Phi) is 4.17. The second-order valence-electron chi connectivity index (χ2n) is 4.10. The van der Waals surface area contributed by atoms with Gasteiger partial charge >= 0.3 is 5.97 Å². The van der Waals surface area contributed by atoms with Crippen molar-refractivity contribution in [1.82, 2.24) is 4.98 Å². The minimum absolute atomic E-state index is 0.358. The van der Waals surface area contributed by atoms with Crippen molar-refractivity contribution in [2.75, 3.05) is 6.61 Å². The quantitative estimate of drug-likeness (QED) is 0.632. The molecular formula is C15H14ClNO2. The van der Waals surface area contributed by atoms with Crippen molar-refractivity contribution < 1.29 is 9.53 Å². The number of benzene rings is 1. The fourth-order valence-electron chi connectivity index (χ4n) is 1.80. The van der Waals surface area contributed by atoms with Gasteiger partial charge in [0.05, 0.1) is 12.1 Å². The topological polar surface area (TPSA) is 39.2 Å². The number of esters is 1. The summed E-state index contributed by atoms with van der Waals surface area (Å²) < 4.78 is 4.85. The highest BCUT2D eigenvalue weighted by molar-refractivity contribution is 6.31. The number of halogens is 1. The van der Waals surface area contributed by atoms with Gasteiger partial charge in [-0.15, -0.1) is 0 Å². The molecule has 1 heterocycles. The normalized spacial score (nSPS) is 11.1. The predicted octanol–water partition coefficient (Wildman–Crippen LogP) is 3.77. The molecule has 0 spiro atoms. The van der Waals surface area contributed by atoms with Crippen LogP contribution in [0.25, 0.3) is 17.0 Å². The SMILES string of the molecule is CCOC(=O)/C=C/c1cc(Cl)cc2ccc(C)nc12. The molecule has 0 amide bonds. The van der Waals surface area contributed by atoms with Crippen LogP contribution < -0.4 is 0 Å². The van der Waals surface area contributed by atoms with Crippen molar-refractivity contribution in [3.05, 3.63) is 46.6 Å². The summed E-state index contributed by atoms with van der Waals surface area (Å²) in [7, 11) is 0. The molecule has 0 bridgehead atoms. The molecule has 0 aliphatic heterocycles. The molecule has 4 heteroatoms. The van der Waals surface area contributed by atoms with Gasteiger partial charge in [-0.05, 0) is 38.1 Å². The molecule has 98 valence electrons. The summed E-state index contributed by atoms with van der Waals surface area (Å²) in [5, 5.41) is 1.56. The van der Waals surface area contributed by atoms with E-state index in [4.69, 9.17) is 16.3 Å². The Morgan fingerprint density at radius 1 is 1.42 bits per heavy atom. The second kappa shape index (κ2) is 5.85. The van der Waals surface area contributed by atoms with Crippen molar-refractivity contribution in [2.24, 2.45) is 0 Å². The third-order valence-electron chi connectivity index (χ3n) is 2.61. The number of carbonyl (C=O) groups excluding carboxylic acids is 1. The number of hydrogen-bond donors (Lipinski definition) is 0. The highest BCUT2D eigenvalue weighted by Gasteiger charge is 2.04. The van der Waals surface area contributed by atoms with Gasteiger partial charge < -0.3 is 4.74 Å². The minimum Gasteiger partial charge on any atom is -0.463 e. The van der Waals surface area contributed by atoms with Gasteiger partial charge in [-0.2, -0.15) is 0 Å². The van der Waals surface area contributed by atoms with Crippen molar-refractivity contribution in [2.45, 2.75) is 13.8 Å². The first-order chi connectivity index (χ1) is 9.10. The fourth-order valence-corrected chi connectivity index (χ4v) is 2.03. The molecule has 0 saturated carbocycles. The van der Waals surface area contributed by atoms with Crippen LogP contribution in [0.3, 0.4) is 0 Å². The van der Waals surface area contributed by atoms with Gasteiger partial charge in [-0.25, -0.2) is 4.79 Å². The average molecular weight is 276 g/mol. The monoisotopic (exact) mass is 275 g/mol. The third-order valence-corrected chi connectivity index (χ3v) is 2.83. The number of nitrogens with zero attached hydrogens (tertiary/aromatic N) is 1. The second-order valence-corrected chi connectivity index (χ2v) is 4.54. The van der Waals surface area contributed by atoms with E-state index in [1.165, 1.54) is 6.08 Å². The first kappa shape index (κ1) is 13.6. The third kappa shape index (κ3) is 3.32. The van der Waals surface area contributed by atoms with E-state index in [1.54, 1.807) is 19.1 Å². The van der Waals surface area contributed by atoms with E-state index < -0.39 is 0 Å². The molecule has 1 aromatic heterocycles. The van der Waals surface area contributed by atoms with E-state index in [0.717, 1.165) is 22.2 Å². The summed E-state index contributed by atoms with van der Waals surface area (Å²) in [6.07, 6.45) is 3.07. The van der Waals surface area contributed by atoms with Gasteiger partial charge in [0.2, 0.25) is 0 Å². The van der Waals surface area contributed by atoms with Crippen LogP contribution in [-0.4, -0.2) is 17.6 Å². The average Bonchev–Trinajstić information content (AvgIpc) is 2.37. The zero-order valence-electron chi connectivity index (χ0n) is 10.8. The lowest BCUT2D eigenvalue weighted by atomic mass is 10.1. The molecule has 0 aliphatic rings. The first-order valence-corrected chi connectivity index (χ1v) is 6.39. The molecule has 0 aliphatic carbocycles. The van der Waals surface area contributed by atoms with Crippen LogP contribution in [0.4, 0.5) is 0 Å². The number of aromatic nitrogens is 1. The Balaban J connectivity index is 2.46. The Morgan fingerprint density at radius 3 is 2.95 bits per heavy atom. The molecule has 0 saturated heterocycles. The number of ether oxygens (including phenoxy) is 1. The maximum absolute atomic E-state index is 11.3. The van der Waals surface area contributed by atoms with E-state index in [9.17, 15) is 4.79 Å². The maximum atomic E-state index is 11.3. The lowest BCUT2D eigenvalue weighted by Gasteiger charge is -2.04. The molecule has 0 unspecified atom stereocenters. The maximum Gasteiger partial charge on any atom is 0.330 e. The zero-order valence-corrected chi connectivity index (χ0v) is 11.6. The summed E-state index contributed by atoms with van der Waals surface area (Å²) in [5.41, 5.74) is 2.55.